The first kappa shape index (κ1) is 22.1. The molecule has 172 valence electrons. The molecule has 0 saturated carbocycles. The summed E-state index contributed by atoms with van der Waals surface area (Å²) < 4.78 is 7.00. The number of rotatable bonds is 7. The van der Waals surface area contributed by atoms with Crippen molar-refractivity contribution in [3.8, 4) is 5.75 Å². The van der Waals surface area contributed by atoms with Crippen LogP contribution in [0, 0.1) is 0 Å². The van der Waals surface area contributed by atoms with Gasteiger partial charge < -0.3 is 4.74 Å². The largest absolute Gasteiger partial charge is 0.497 e. The first-order valence-electron chi connectivity index (χ1n) is 11.5. The van der Waals surface area contributed by atoms with Crippen LogP contribution < -0.4 is 4.74 Å². The lowest BCUT2D eigenvalue weighted by Gasteiger charge is -2.41. The Morgan fingerprint density at radius 1 is 1.09 bits per heavy atom. The first-order valence-corrected chi connectivity index (χ1v) is 12.4. The van der Waals surface area contributed by atoms with E-state index in [-0.39, 0.29) is 17.2 Å². The summed E-state index contributed by atoms with van der Waals surface area (Å²) >= 11 is 1.54. The number of hydrogen-bond acceptors (Lipinski definition) is 7. The van der Waals surface area contributed by atoms with Crippen LogP contribution in [0.25, 0.3) is 0 Å². The highest BCUT2D eigenvalue weighted by molar-refractivity contribution is 8.00. The number of carbonyl (C=O) groups is 1. The van der Waals surface area contributed by atoms with E-state index in [1.165, 1.54) is 22.0 Å². The zero-order valence-electron chi connectivity index (χ0n) is 19.1. The molecular formula is C25H29N5O2S. The van der Waals surface area contributed by atoms with Crippen molar-refractivity contribution in [2.75, 3.05) is 33.3 Å². The van der Waals surface area contributed by atoms with E-state index >= 15 is 0 Å². The summed E-state index contributed by atoms with van der Waals surface area (Å²) in [7, 11) is 1.68. The van der Waals surface area contributed by atoms with Crippen molar-refractivity contribution in [2.24, 2.45) is 0 Å². The predicted octanol–water partition coefficient (Wildman–Crippen LogP) is 3.52. The van der Waals surface area contributed by atoms with E-state index < -0.39 is 0 Å². The molecule has 2 atom stereocenters. The number of thioether (sulfide) groups is 1. The third-order valence-corrected chi connectivity index (χ3v) is 7.58. The Hall–Kier alpha value is -2.68. The van der Waals surface area contributed by atoms with Gasteiger partial charge in [0.2, 0.25) is 0 Å². The van der Waals surface area contributed by atoms with Crippen LogP contribution in [0.4, 0.5) is 0 Å². The van der Waals surface area contributed by atoms with Crippen molar-refractivity contribution < 1.29 is 9.53 Å². The average molecular weight is 464 g/mol. The average Bonchev–Trinajstić information content (AvgIpc) is 3.40. The van der Waals surface area contributed by atoms with Crippen LogP contribution in [0.5, 0.6) is 5.75 Å². The first-order chi connectivity index (χ1) is 16.2. The second kappa shape index (κ2) is 9.67. The highest BCUT2D eigenvalue weighted by atomic mass is 32.2. The molecule has 0 amide bonds. The molecule has 0 spiro atoms. The van der Waals surface area contributed by atoms with Crippen LogP contribution in [0.2, 0.25) is 0 Å². The van der Waals surface area contributed by atoms with Crippen molar-refractivity contribution in [1.29, 1.82) is 0 Å². The van der Waals surface area contributed by atoms with E-state index in [0.29, 0.717) is 5.16 Å². The Kier molecular flexibility index (Phi) is 6.48. The fourth-order valence-electron chi connectivity index (χ4n) is 4.64. The van der Waals surface area contributed by atoms with Gasteiger partial charge in [-0.25, -0.2) is 4.98 Å². The summed E-state index contributed by atoms with van der Waals surface area (Å²) in [6.07, 6.45) is 0.723. The second-order valence-electron chi connectivity index (χ2n) is 8.47. The molecule has 2 aliphatic heterocycles. The van der Waals surface area contributed by atoms with Crippen molar-refractivity contribution >= 4 is 17.7 Å². The van der Waals surface area contributed by atoms with Gasteiger partial charge in [-0.3, -0.25) is 14.6 Å². The molecule has 3 heterocycles. The zero-order valence-corrected chi connectivity index (χ0v) is 19.9. The van der Waals surface area contributed by atoms with E-state index in [0.717, 1.165) is 56.3 Å². The molecule has 8 heteroatoms. The van der Waals surface area contributed by atoms with Crippen LogP contribution in [-0.2, 0) is 13.0 Å². The summed E-state index contributed by atoms with van der Waals surface area (Å²) in [5.41, 5.74) is 2.43. The van der Waals surface area contributed by atoms with Crippen LogP contribution in [0.1, 0.15) is 34.7 Å². The third kappa shape index (κ3) is 4.55. The van der Waals surface area contributed by atoms with Gasteiger partial charge in [-0.05, 0) is 23.3 Å². The third-order valence-electron chi connectivity index (χ3n) is 6.39. The second-order valence-corrected chi connectivity index (χ2v) is 9.58. The topological polar surface area (TPSA) is 63.5 Å². The van der Waals surface area contributed by atoms with Crippen molar-refractivity contribution in [2.45, 2.75) is 36.3 Å². The number of hydrogen-bond donors (Lipinski definition) is 0. The molecule has 2 unspecified atom stereocenters. The van der Waals surface area contributed by atoms with Crippen molar-refractivity contribution in [3.05, 3.63) is 71.5 Å². The SMILES string of the molecule is CCc1nc2n(n1)C(=O)C(C(c1cccc(OC)c1)N1CCN(Cc3ccccc3)CC1)S2. The molecule has 0 N–H and O–H groups in total. The number of ether oxygens (including phenoxy) is 1. The number of carbonyl (C=O) groups excluding carboxylic acids is 1. The molecule has 7 nitrogen and oxygen atoms in total. The van der Waals surface area contributed by atoms with Crippen LogP contribution >= 0.6 is 11.8 Å². The smallest absolute Gasteiger partial charge is 0.264 e. The summed E-state index contributed by atoms with van der Waals surface area (Å²) in [6, 6.07) is 18.6. The molecule has 0 aliphatic carbocycles. The Labute approximate surface area is 198 Å². The van der Waals surface area contributed by atoms with Crippen LogP contribution in [0.15, 0.2) is 59.8 Å². The Balaban J connectivity index is 1.37. The molecule has 1 aromatic heterocycles. The number of piperazine rings is 1. The van der Waals surface area contributed by atoms with E-state index in [2.05, 4.69) is 62.3 Å². The maximum atomic E-state index is 13.4. The molecule has 0 radical (unpaired) electrons. The van der Waals surface area contributed by atoms with Gasteiger partial charge in [-0.2, -0.15) is 4.68 Å². The monoisotopic (exact) mass is 463 g/mol. The van der Waals surface area contributed by atoms with Gasteiger partial charge in [-0.1, -0.05) is 61.2 Å². The molecule has 1 fully saturated rings. The highest BCUT2D eigenvalue weighted by Crippen LogP contribution is 2.41. The Bertz CT molecular complexity index is 1110. The number of fused-ring (bicyclic) bond motifs is 1. The molecule has 0 bridgehead atoms. The predicted molar refractivity (Wildman–Crippen MR) is 129 cm³/mol. The maximum Gasteiger partial charge on any atom is 0.264 e. The lowest BCUT2D eigenvalue weighted by molar-refractivity contribution is 0.0714. The van der Waals surface area contributed by atoms with Gasteiger partial charge in [0.15, 0.2) is 11.0 Å². The van der Waals surface area contributed by atoms with E-state index in [1.807, 2.05) is 19.1 Å². The normalized spacial score (nSPS) is 20.1. The van der Waals surface area contributed by atoms with Crippen LogP contribution in [0.3, 0.4) is 0 Å². The minimum absolute atomic E-state index is 0.0155. The number of aromatic nitrogens is 3. The maximum absolute atomic E-state index is 13.4. The fourth-order valence-corrected chi connectivity index (χ4v) is 5.91. The Morgan fingerprint density at radius 2 is 1.88 bits per heavy atom. The summed E-state index contributed by atoms with van der Waals surface area (Å²) in [4.78, 5) is 22.9. The lowest BCUT2D eigenvalue weighted by atomic mass is 9.99. The van der Waals surface area contributed by atoms with Gasteiger partial charge in [0.05, 0.1) is 13.2 Å². The van der Waals surface area contributed by atoms with E-state index in [4.69, 9.17) is 4.74 Å². The summed E-state index contributed by atoms with van der Waals surface area (Å²) in [6.45, 7) is 6.68. The van der Waals surface area contributed by atoms with Crippen molar-refractivity contribution in [1.82, 2.24) is 24.6 Å². The quantitative estimate of drug-likeness (QED) is 0.531. The summed E-state index contributed by atoms with van der Waals surface area (Å²) in [5, 5.41) is 4.87. The minimum atomic E-state index is -0.279. The molecular weight excluding hydrogens is 434 g/mol. The fraction of sp³-hybridized carbons (Fsp3) is 0.400. The number of benzene rings is 2. The summed E-state index contributed by atoms with van der Waals surface area (Å²) in [5.74, 6) is 1.54. The molecule has 5 rings (SSSR count). The molecule has 2 aliphatic rings. The van der Waals surface area contributed by atoms with Crippen LogP contribution in [-0.4, -0.2) is 69.0 Å². The van der Waals surface area contributed by atoms with Gasteiger partial charge in [0, 0.05) is 39.1 Å². The molecule has 1 saturated heterocycles. The zero-order chi connectivity index (χ0) is 22.8. The molecule has 2 aromatic carbocycles. The number of nitrogens with zero attached hydrogens (tertiary/aromatic N) is 5. The van der Waals surface area contributed by atoms with Gasteiger partial charge >= 0.3 is 0 Å². The molecule has 3 aromatic rings. The van der Waals surface area contributed by atoms with Crippen molar-refractivity contribution in [3.63, 3.8) is 0 Å². The Morgan fingerprint density at radius 3 is 2.58 bits per heavy atom. The van der Waals surface area contributed by atoms with Gasteiger partial charge in [0.1, 0.15) is 11.0 Å². The van der Waals surface area contributed by atoms with E-state index in [1.54, 1.807) is 7.11 Å². The lowest BCUT2D eigenvalue weighted by Crippen LogP contribution is -2.50. The standard InChI is InChI=1S/C25H29N5O2S/c1-3-21-26-25-30(27-21)24(31)23(33-25)22(19-10-7-11-20(16-19)32-2)29-14-12-28(13-15-29)17-18-8-5-4-6-9-18/h4-11,16,22-23H,3,12-15,17H2,1-2H3. The van der Waals surface area contributed by atoms with Gasteiger partial charge in [-0.15, -0.1) is 5.10 Å². The number of methoxy groups -OCH3 is 1. The van der Waals surface area contributed by atoms with Gasteiger partial charge in [0.25, 0.3) is 5.91 Å². The number of aryl methyl sites for hydroxylation is 1. The minimum Gasteiger partial charge on any atom is -0.497 e. The molecule has 33 heavy (non-hydrogen) atoms. The highest BCUT2D eigenvalue weighted by Gasteiger charge is 2.43. The van der Waals surface area contributed by atoms with E-state index in [9.17, 15) is 4.79 Å².